The summed E-state index contributed by atoms with van der Waals surface area (Å²) in [6.45, 7) is 4.11. The lowest BCUT2D eigenvalue weighted by Gasteiger charge is -2.34. The molecule has 0 atom stereocenters. The molecule has 0 bridgehead atoms. The van der Waals surface area contributed by atoms with Crippen LogP contribution < -0.4 is 9.47 Å². The van der Waals surface area contributed by atoms with Crippen molar-refractivity contribution in [1.29, 1.82) is 0 Å². The average molecular weight is 376 g/mol. The second-order valence-electron chi connectivity index (χ2n) is 7.00. The third kappa shape index (κ3) is 3.25. The Bertz CT molecular complexity index is 1030. The Morgan fingerprint density at radius 1 is 0.964 bits per heavy atom. The molecule has 0 unspecified atom stereocenters. The van der Waals surface area contributed by atoms with Gasteiger partial charge in [-0.1, -0.05) is 18.2 Å². The summed E-state index contributed by atoms with van der Waals surface area (Å²) in [4.78, 5) is 25.8. The van der Waals surface area contributed by atoms with Gasteiger partial charge in [0.05, 0.1) is 17.2 Å². The molecule has 1 aromatic heterocycles. The van der Waals surface area contributed by atoms with Gasteiger partial charge in [-0.3, -0.25) is 14.7 Å². The van der Waals surface area contributed by atoms with Crippen LogP contribution in [-0.4, -0.2) is 58.6 Å². The lowest BCUT2D eigenvalue weighted by molar-refractivity contribution is 0.0622. The summed E-state index contributed by atoms with van der Waals surface area (Å²) in [5.74, 6) is 1.55. The Morgan fingerprint density at radius 3 is 2.61 bits per heavy atom. The number of fused-ring (bicyclic) bond motifs is 2. The first-order valence-electron chi connectivity index (χ1n) is 9.38. The Kier molecular flexibility index (Phi) is 4.29. The first-order chi connectivity index (χ1) is 13.8. The zero-order valence-electron chi connectivity index (χ0n) is 15.4. The monoisotopic (exact) mass is 376 g/mol. The van der Waals surface area contributed by atoms with Crippen molar-refractivity contribution < 1.29 is 14.3 Å². The molecule has 1 amide bonds. The van der Waals surface area contributed by atoms with Gasteiger partial charge in [0.15, 0.2) is 11.5 Å². The van der Waals surface area contributed by atoms with Crippen molar-refractivity contribution in [2.24, 2.45) is 0 Å². The van der Waals surface area contributed by atoms with Crippen LogP contribution >= 0.6 is 0 Å². The van der Waals surface area contributed by atoms with E-state index in [1.807, 2.05) is 41.3 Å². The molecule has 0 saturated carbocycles. The number of carbonyl (C=O) groups excluding carboxylic acids is 1. The third-order valence-corrected chi connectivity index (χ3v) is 5.17. The Balaban J connectivity index is 1.22. The maximum Gasteiger partial charge on any atom is 0.274 e. The fraction of sp³-hybridized carbons (Fsp3) is 0.286. The lowest BCUT2D eigenvalue weighted by Crippen LogP contribution is -2.48. The highest BCUT2D eigenvalue weighted by atomic mass is 16.7. The van der Waals surface area contributed by atoms with E-state index < -0.39 is 0 Å². The van der Waals surface area contributed by atoms with Gasteiger partial charge in [-0.25, -0.2) is 4.98 Å². The van der Waals surface area contributed by atoms with Gasteiger partial charge in [0.1, 0.15) is 5.69 Å². The summed E-state index contributed by atoms with van der Waals surface area (Å²) in [7, 11) is 0. The SMILES string of the molecule is O=C(c1cnc2ccccc2n1)N1CCN(Cc2ccc3c(c2)OCO3)CC1. The van der Waals surface area contributed by atoms with Gasteiger partial charge < -0.3 is 14.4 Å². The molecule has 7 heteroatoms. The highest BCUT2D eigenvalue weighted by molar-refractivity contribution is 5.93. The van der Waals surface area contributed by atoms with E-state index in [-0.39, 0.29) is 12.7 Å². The molecule has 7 nitrogen and oxygen atoms in total. The second kappa shape index (κ2) is 7.09. The molecule has 0 N–H and O–H groups in total. The highest BCUT2D eigenvalue weighted by Crippen LogP contribution is 2.32. The maximum atomic E-state index is 12.8. The van der Waals surface area contributed by atoms with E-state index in [1.54, 1.807) is 6.20 Å². The van der Waals surface area contributed by atoms with Crippen molar-refractivity contribution >= 4 is 16.9 Å². The molecular weight excluding hydrogens is 356 g/mol. The predicted octanol–water partition coefficient (Wildman–Crippen LogP) is 2.32. The molecule has 1 fully saturated rings. The Labute approximate surface area is 162 Å². The molecule has 5 rings (SSSR count). The van der Waals surface area contributed by atoms with E-state index >= 15 is 0 Å². The number of rotatable bonds is 3. The van der Waals surface area contributed by atoms with Crippen LogP contribution in [0.15, 0.2) is 48.7 Å². The number of amides is 1. The van der Waals surface area contributed by atoms with E-state index in [2.05, 4.69) is 20.9 Å². The van der Waals surface area contributed by atoms with E-state index in [0.717, 1.165) is 42.2 Å². The Hall–Kier alpha value is -3.19. The topological polar surface area (TPSA) is 67.8 Å². The molecule has 1 saturated heterocycles. The molecular formula is C21H20N4O3. The van der Waals surface area contributed by atoms with E-state index in [0.29, 0.717) is 18.8 Å². The average Bonchev–Trinajstić information content (AvgIpc) is 3.21. The van der Waals surface area contributed by atoms with Crippen LogP contribution in [-0.2, 0) is 6.54 Å². The largest absolute Gasteiger partial charge is 0.454 e. The normalized spacial score (nSPS) is 16.5. The number of para-hydroxylation sites is 2. The predicted molar refractivity (Wildman–Crippen MR) is 103 cm³/mol. The van der Waals surface area contributed by atoms with Gasteiger partial charge in [-0.15, -0.1) is 0 Å². The van der Waals surface area contributed by atoms with E-state index in [1.165, 1.54) is 5.56 Å². The summed E-state index contributed by atoms with van der Waals surface area (Å²) in [6.07, 6.45) is 1.57. The van der Waals surface area contributed by atoms with Crippen molar-refractivity contribution in [1.82, 2.24) is 19.8 Å². The minimum absolute atomic E-state index is 0.0546. The first-order valence-corrected chi connectivity index (χ1v) is 9.38. The fourth-order valence-corrected chi connectivity index (χ4v) is 3.63. The van der Waals surface area contributed by atoms with Gasteiger partial charge in [0.25, 0.3) is 5.91 Å². The van der Waals surface area contributed by atoms with Gasteiger partial charge in [-0.05, 0) is 29.8 Å². The quantitative estimate of drug-likeness (QED) is 0.699. The molecule has 0 aliphatic carbocycles. The van der Waals surface area contributed by atoms with E-state index in [9.17, 15) is 4.79 Å². The minimum Gasteiger partial charge on any atom is -0.454 e. The zero-order valence-corrected chi connectivity index (χ0v) is 15.4. The van der Waals surface area contributed by atoms with Crippen LogP contribution in [0.4, 0.5) is 0 Å². The Morgan fingerprint density at radius 2 is 1.75 bits per heavy atom. The lowest BCUT2D eigenvalue weighted by atomic mass is 10.1. The highest BCUT2D eigenvalue weighted by Gasteiger charge is 2.24. The van der Waals surface area contributed by atoms with Gasteiger partial charge in [0, 0.05) is 32.7 Å². The van der Waals surface area contributed by atoms with Gasteiger partial charge >= 0.3 is 0 Å². The summed E-state index contributed by atoms with van der Waals surface area (Å²) in [5.41, 5.74) is 3.13. The summed E-state index contributed by atoms with van der Waals surface area (Å²) in [5, 5.41) is 0. The number of piperazine rings is 1. The molecule has 2 aromatic carbocycles. The van der Waals surface area contributed by atoms with Crippen LogP contribution in [0.25, 0.3) is 11.0 Å². The molecule has 2 aliphatic rings. The molecule has 3 aromatic rings. The van der Waals surface area contributed by atoms with Gasteiger partial charge in [-0.2, -0.15) is 0 Å². The number of carbonyl (C=O) groups is 1. The molecule has 0 spiro atoms. The molecule has 3 heterocycles. The van der Waals surface area contributed by atoms with Gasteiger partial charge in [0.2, 0.25) is 6.79 Å². The van der Waals surface area contributed by atoms with Crippen LogP contribution in [0.2, 0.25) is 0 Å². The molecule has 28 heavy (non-hydrogen) atoms. The third-order valence-electron chi connectivity index (χ3n) is 5.17. The fourth-order valence-electron chi connectivity index (χ4n) is 3.63. The molecule has 142 valence electrons. The van der Waals surface area contributed by atoms with Crippen LogP contribution in [0.5, 0.6) is 11.5 Å². The number of ether oxygens (including phenoxy) is 2. The summed E-state index contributed by atoms with van der Waals surface area (Å²) in [6, 6.07) is 13.6. The second-order valence-corrected chi connectivity index (χ2v) is 7.00. The van der Waals surface area contributed by atoms with Crippen molar-refractivity contribution in [2.45, 2.75) is 6.54 Å². The standard InChI is InChI=1S/C21H20N4O3/c26-21(18-12-22-16-3-1-2-4-17(16)23-18)25-9-7-24(8-10-25)13-15-5-6-19-20(11-15)28-14-27-19/h1-6,11-12H,7-10,13-14H2. The summed E-state index contributed by atoms with van der Waals surface area (Å²) < 4.78 is 10.8. The molecule has 0 radical (unpaired) electrons. The number of hydrogen-bond acceptors (Lipinski definition) is 6. The number of hydrogen-bond donors (Lipinski definition) is 0. The minimum atomic E-state index is -0.0546. The zero-order chi connectivity index (χ0) is 18.9. The summed E-state index contributed by atoms with van der Waals surface area (Å²) >= 11 is 0. The molecule has 2 aliphatic heterocycles. The van der Waals surface area contributed by atoms with Crippen LogP contribution in [0.1, 0.15) is 16.1 Å². The van der Waals surface area contributed by atoms with Crippen molar-refractivity contribution in [3.05, 3.63) is 59.9 Å². The van der Waals surface area contributed by atoms with Crippen molar-refractivity contribution in [3.63, 3.8) is 0 Å². The maximum absolute atomic E-state index is 12.8. The van der Waals surface area contributed by atoms with Crippen molar-refractivity contribution in [2.75, 3.05) is 33.0 Å². The number of nitrogens with zero attached hydrogens (tertiary/aromatic N) is 4. The van der Waals surface area contributed by atoms with Crippen molar-refractivity contribution in [3.8, 4) is 11.5 Å². The number of aromatic nitrogens is 2. The number of benzene rings is 2. The van der Waals surface area contributed by atoms with Crippen LogP contribution in [0, 0.1) is 0 Å². The smallest absolute Gasteiger partial charge is 0.274 e. The first kappa shape index (κ1) is 16.9. The van der Waals surface area contributed by atoms with E-state index in [4.69, 9.17) is 9.47 Å². The van der Waals surface area contributed by atoms with Crippen LogP contribution in [0.3, 0.4) is 0 Å².